The Kier molecular flexibility index (Phi) is 4.90. The molecular weight excluding hydrogens is 250 g/mol. The van der Waals surface area contributed by atoms with E-state index in [1.165, 1.54) is 0 Å². The van der Waals surface area contributed by atoms with Crippen molar-refractivity contribution in [1.29, 1.82) is 0 Å². The fraction of sp³-hybridized carbons (Fsp3) is 0.538. The Balaban J connectivity index is 2.53. The van der Waals surface area contributed by atoms with Crippen molar-refractivity contribution in [2.24, 2.45) is 5.92 Å². The van der Waals surface area contributed by atoms with Crippen LogP contribution in [0.3, 0.4) is 0 Å². The minimum absolute atomic E-state index is 0.0643. The van der Waals surface area contributed by atoms with Gasteiger partial charge in [0.15, 0.2) is 0 Å². The van der Waals surface area contributed by atoms with Crippen LogP contribution >= 0.6 is 11.3 Å². The Labute approximate surface area is 111 Å². The maximum Gasteiger partial charge on any atom is 0.303 e. The van der Waals surface area contributed by atoms with Gasteiger partial charge < -0.3 is 10.4 Å². The lowest BCUT2D eigenvalue weighted by Crippen LogP contribution is -2.41. The summed E-state index contributed by atoms with van der Waals surface area (Å²) in [6, 6.07) is 3.85. The van der Waals surface area contributed by atoms with Gasteiger partial charge in [-0.3, -0.25) is 9.59 Å². The SMILES string of the molecule is CC(CNC(=O)C(C)(C)c1cccs1)CC(=O)O. The summed E-state index contributed by atoms with van der Waals surface area (Å²) in [5.41, 5.74) is -0.572. The van der Waals surface area contributed by atoms with E-state index < -0.39 is 11.4 Å². The summed E-state index contributed by atoms with van der Waals surface area (Å²) in [7, 11) is 0. The average molecular weight is 269 g/mol. The van der Waals surface area contributed by atoms with E-state index in [1.54, 1.807) is 11.3 Å². The molecule has 1 aromatic rings. The first-order valence-electron chi connectivity index (χ1n) is 5.88. The van der Waals surface area contributed by atoms with Gasteiger partial charge in [-0.25, -0.2) is 0 Å². The highest BCUT2D eigenvalue weighted by atomic mass is 32.1. The van der Waals surface area contributed by atoms with Crippen molar-refractivity contribution >= 4 is 23.2 Å². The quantitative estimate of drug-likeness (QED) is 0.832. The van der Waals surface area contributed by atoms with Crippen molar-refractivity contribution in [2.45, 2.75) is 32.6 Å². The van der Waals surface area contributed by atoms with Crippen LogP contribution in [0.1, 0.15) is 32.1 Å². The van der Waals surface area contributed by atoms with Gasteiger partial charge in [0.2, 0.25) is 5.91 Å². The molecule has 1 amide bonds. The molecule has 100 valence electrons. The van der Waals surface area contributed by atoms with Gasteiger partial charge in [0, 0.05) is 17.8 Å². The van der Waals surface area contributed by atoms with Crippen LogP contribution in [0.5, 0.6) is 0 Å². The topological polar surface area (TPSA) is 66.4 Å². The highest BCUT2D eigenvalue weighted by molar-refractivity contribution is 7.10. The summed E-state index contributed by atoms with van der Waals surface area (Å²) in [6.45, 7) is 5.94. The van der Waals surface area contributed by atoms with E-state index in [9.17, 15) is 9.59 Å². The number of carboxylic acid groups (broad SMARTS) is 1. The molecule has 0 radical (unpaired) electrons. The molecule has 1 aromatic heterocycles. The Morgan fingerprint density at radius 3 is 2.67 bits per heavy atom. The fourth-order valence-electron chi connectivity index (χ4n) is 1.60. The third kappa shape index (κ3) is 3.84. The van der Waals surface area contributed by atoms with Gasteiger partial charge >= 0.3 is 5.97 Å². The summed E-state index contributed by atoms with van der Waals surface area (Å²) < 4.78 is 0. The molecule has 0 bridgehead atoms. The second-order valence-corrected chi connectivity index (χ2v) is 5.96. The van der Waals surface area contributed by atoms with E-state index in [-0.39, 0.29) is 18.2 Å². The number of thiophene rings is 1. The van der Waals surface area contributed by atoms with Crippen LogP contribution in [0.4, 0.5) is 0 Å². The van der Waals surface area contributed by atoms with Crippen LogP contribution in [0, 0.1) is 5.92 Å². The largest absolute Gasteiger partial charge is 0.481 e. The van der Waals surface area contributed by atoms with Crippen molar-refractivity contribution in [3.63, 3.8) is 0 Å². The zero-order valence-corrected chi connectivity index (χ0v) is 11.7. The number of carboxylic acids is 1. The van der Waals surface area contributed by atoms with Crippen LogP contribution < -0.4 is 5.32 Å². The number of rotatable bonds is 6. The Hall–Kier alpha value is -1.36. The lowest BCUT2D eigenvalue weighted by molar-refractivity contribution is -0.138. The lowest BCUT2D eigenvalue weighted by atomic mass is 9.90. The number of nitrogens with one attached hydrogen (secondary N) is 1. The summed E-state index contributed by atoms with van der Waals surface area (Å²) in [4.78, 5) is 23.6. The van der Waals surface area contributed by atoms with Gasteiger partial charge in [0.25, 0.3) is 0 Å². The van der Waals surface area contributed by atoms with Crippen LogP contribution in [0.15, 0.2) is 17.5 Å². The standard InChI is InChI=1S/C13H19NO3S/c1-9(7-11(15)16)8-14-12(17)13(2,3)10-5-4-6-18-10/h4-6,9H,7-8H2,1-3H3,(H,14,17)(H,15,16). The van der Waals surface area contributed by atoms with E-state index in [0.717, 1.165) is 4.88 Å². The number of hydrogen-bond acceptors (Lipinski definition) is 3. The van der Waals surface area contributed by atoms with Crippen LogP contribution in [0.25, 0.3) is 0 Å². The zero-order chi connectivity index (χ0) is 13.8. The molecule has 5 heteroatoms. The molecule has 0 spiro atoms. The molecule has 1 rings (SSSR count). The molecule has 0 aromatic carbocycles. The van der Waals surface area contributed by atoms with Gasteiger partial charge in [0.05, 0.1) is 5.41 Å². The predicted octanol–water partition coefficient (Wildman–Crippen LogP) is 2.25. The smallest absolute Gasteiger partial charge is 0.303 e. The van der Waals surface area contributed by atoms with Gasteiger partial charge in [-0.15, -0.1) is 11.3 Å². The lowest BCUT2D eigenvalue weighted by Gasteiger charge is -2.23. The minimum Gasteiger partial charge on any atom is -0.481 e. The summed E-state index contributed by atoms with van der Waals surface area (Å²) >= 11 is 1.55. The number of amides is 1. The van der Waals surface area contributed by atoms with Crippen molar-refractivity contribution in [1.82, 2.24) is 5.32 Å². The first-order chi connectivity index (χ1) is 8.34. The van der Waals surface area contributed by atoms with Crippen molar-refractivity contribution < 1.29 is 14.7 Å². The van der Waals surface area contributed by atoms with E-state index in [4.69, 9.17) is 5.11 Å². The Morgan fingerprint density at radius 1 is 1.50 bits per heavy atom. The maximum absolute atomic E-state index is 12.1. The maximum atomic E-state index is 12.1. The van der Waals surface area contributed by atoms with E-state index in [2.05, 4.69) is 5.32 Å². The molecule has 0 saturated heterocycles. The first-order valence-corrected chi connectivity index (χ1v) is 6.76. The molecule has 18 heavy (non-hydrogen) atoms. The molecular formula is C13H19NO3S. The predicted molar refractivity (Wildman–Crippen MR) is 71.8 cm³/mol. The molecule has 0 aliphatic rings. The molecule has 1 unspecified atom stereocenters. The number of hydrogen-bond donors (Lipinski definition) is 2. The fourth-order valence-corrected chi connectivity index (χ4v) is 2.45. The molecule has 0 aliphatic carbocycles. The summed E-state index contributed by atoms with van der Waals surface area (Å²) in [5, 5.41) is 13.4. The molecule has 0 fully saturated rings. The van der Waals surface area contributed by atoms with Gasteiger partial charge in [-0.2, -0.15) is 0 Å². The van der Waals surface area contributed by atoms with E-state index in [0.29, 0.717) is 6.54 Å². The van der Waals surface area contributed by atoms with Gasteiger partial charge in [-0.1, -0.05) is 13.0 Å². The zero-order valence-electron chi connectivity index (χ0n) is 10.9. The first kappa shape index (κ1) is 14.7. The molecule has 1 atom stereocenters. The Bertz CT molecular complexity index is 412. The molecule has 1 heterocycles. The van der Waals surface area contributed by atoms with E-state index in [1.807, 2.05) is 38.3 Å². The highest BCUT2D eigenvalue weighted by Gasteiger charge is 2.30. The monoisotopic (exact) mass is 269 g/mol. The number of aliphatic carboxylic acids is 1. The van der Waals surface area contributed by atoms with E-state index >= 15 is 0 Å². The highest BCUT2D eigenvalue weighted by Crippen LogP contribution is 2.27. The second kappa shape index (κ2) is 6.00. The number of carbonyl (C=O) groups is 2. The van der Waals surface area contributed by atoms with Crippen molar-refractivity contribution in [2.75, 3.05) is 6.54 Å². The average Bonchev–Trinajstić information content (AvgIpc) is 2.78. The minimum atomic E-state index is -0.839. The van der Waals surface area contributed by atoms with Crippen LogP contribution in [0.2, 0.25) is 0 Å². The number of carbonyl (C=O) groups excluding carboxylic acids is 1. The van der Waals surface area contributed by atoms with Gasteiger partial charge in [0.1, 0.15) is 0 Å². The summed E-state index contributed by atoms with van der Waals surface area (Å²) in [5.74, 6) is -0.970. The molecule has 0 aliphatic heterocycles. The van der Waals surface area contributed by atoms with Crippen LogP contribution in [-0.2, 0) is 15.0 Å². The molecule has 4 nitrogen and oxygen atoms in total. The third-order valence-electron chi connectivity index (χ3n) is 2.84. The Morgan fingerprint density at radius 2 is 2.17 bits per heavy atom. The third-order valence-corrected chi connectivity index (χ3v) is 4.03. The van der Waals surface area contributed by atoms with Crippen LogP contribution in [-0.4, -0.2) is 23.5 Å². The molecule has 2 N–H and O–H groups in total. The van der Waals surface area contributed by atoms with Crippen molar-refractivity contribution in [3.8, 4) is 0 Å². The molecule has 0 saturated carbocycles. The summed E-state index contributed by atoms with van der Waals surface area (Å²) in [6.07, 6.45) is 0.0692. The van der Waals surface area contributed by atoms with Crippen molar-refractivity contribution in [3.05, 3.63) is 22.4 Å². The van der Waals surface area contributed by atoms with Gasteiger partial charge in [-0.05, 0) is 31.2 Å². The normalized spacial score (nSPS) is 13.1. The second-order valence-electron chi connectivity index (χ2n) is 5.02.